The van der Waals surface area contributed by atoms with Crippen molar-refractivity contribution in [2.24, 2.45) is 5.92 Å². The number of aromatic amines is 1. The standard InChI is InChI=1S/C13H19N3O2/c17-8-9-2-1-5-16(7-9)11-6-12(18)15-13(14-11)10-3-4-10/h6,9-10,17H,1-5,7-8H2,(H,14,15,18). The number of piperidine rings is 1. The van der Waals surface area contributed by atoms with Gasteiger partial charge in [0.05, 0.1) is 0 Å². The molecule has 0 bridgehead atoms. The molecule has 2 aliphatic rings. The van der Waals surface area contributed by atoms with Crippen LogP contribution in [0.3, 0.4) is 0 Å². The molecule has 2 heterocycles. The Balaban J connectivity index is 1.84. The summed E-state index contributed by atoms with van der Waals surface area (Å²) in [6, 6.07) is 1.58. The summed E-state index contributed by atoms with van der Waals surface area (Å²) >= 11 is 0. The molecule has 0 aromatic carbocycles. The van der Waals surface area contributed by atoms with Crippen LogP contribution < -0.4 is 10.5 Å². The van der Waals surface area contributed by atoms with E-state index in [1.165, 1.54) is 0 Å². The molecule has 0 spiro atoms. The number of hydrogen-bond donors (Lipinski definition) is 2. The average molecular weight is 249 g/mol. The maximum atomic E-state index is 11.7. The molecule has 1 saturated carbocycles. The van der Waals surface area contributed by atoms with Crippen LogP contribution in [0.2, 0.25) is 0 Å². The Bertz CT molecular complexity index is 481. The minimum Gasteiger partial charge on any atom is -0.396 e. The quantitative estimate of drug-likeness (QED) is 0.833. The summed E-state index contributed by atoms with van der Waals surface area (Å²) in [5.41, 5.74) is -0.0620. The third-order valence-electron chi connectivity index (χ3n) is 3.81. The van der Waals surface area contributed by atoms with Gasteiger partial charge in [-0.1, -0.05) is 0 Å². The lowest BCUT2D eigenvalue weighted by molar-refractivity contribution is 0.208. The summed E-state index contributed by atoms with van der Waals surface area (Å²) < 4.78 is 0. The van der Waals surface area contributed by atoms with E-state index >= 15 is 0 Å². The van der Waals surface area contributed by atoms with Crippen molar-refractivity contribution >= 4 is 5.82 Å². The number of nitrogens with one attached hydrogen (secondary N) is 1. The third-order valence-corrected chi connectivity index (χ3v) is 3.81. The minimum absolute atomic E-state index is 0.0620. The number of nitrogens with zero attached hydrogens (tertiary/aromatic N) is 2. The maximum absolute atomic E-state index is 11.7. The second-order valence-corrected chi connectivity index (χ2v) is 5.40. The van der Waals surface area contributed by atoms with Crippen LogP contribution in [0.4, 0.5) is 5.82 Å². The van der Waals surface area contributed by atoms with Crippen LogP contribution in [-0.4, -0.2) is 34.8 Å². The van der Waals surface area contributed by atoms with E-state index < -0.39 is 0 Å². The van der Waals surface area contributed by atoms with Crippen LogP contribution in [0.1, 0.15) is 37.4 Å². The van der Waals surface area contributed by atoms with Crippen molar-refractivity contribution in [3.05, 3.63) is 22.2 Å². The first-order chi connectivity index (χ1) is 8.76. The van der Waals surface area contributed by atoms with Gasteiger partial charge in [0.2, 0.25) is 0 Å². The summed E-state index contributed by atoms with van der Waals surface area (Å²) in [4.78, 5) is 21.2. The van der Waals surface area contributed by atoms with E-state index in [-0.39, 0.29) is 12.2 Å². The molecule has 1 aromatic rings. The van der Waals surface area contributed by atoms with Gasteiger partial charge < -0.3 is 15.0 Å². The van der Waals surface area contributed by atoms with Crippen molar-refractivity contribution in [2.75, 3.05) is 24.6 Å². The second-order valence-electron chi connectivity index (χ2n) is 5.40. The van der Waals surface area contributed by atoms with Gasteiger partial charge in [0, 0.05) is 31.7 Å². The molecule has 5 heteroatoms. The molecule has 1 aromatic heterocycles. The van der Waals surface area contributed by atoms with Gasteiger partial charge in [-0.05, 0) is 31.6 Å². The zero-order chi connectivity index (χ0) is 12.5. The van der Waals surface area contributed by atoms with Gasteiger partial charge in [0.25, 0.3) is 5.56 Å². The van der Waals surface area contributed by atoms with Crippen molar-refractivity contribution in [1.29, 1.82) is 0 Å². The van der Waals surface area contributed by atoms with Crippen molar-refractivity contribution < 1.29 is 5.11 Å². The fraction of sp³-hybridized carbons (Fsp3) is 0.692. The summed E-state index contributed by atoms with van der Waals surface area (Å²) in [6.07, 6.45) is 4.38. The third kappa shape index (κ3) is 2.41. The Morgan fingerprint density at radius 1 is 1.44 bits per heavy atom. The first kappa shape index (κ1) is 11.7. The molecule has 98 valence electrons. The Kier molecular flexibility index (Phi) is 3.07. The number of hydrogen-bond acceptors (Lipinski definition) is 4. The lowest BCUT2D eigenvalue weighted by atomic mass is 9.99. The van der Waals surface area contributed by atoms with Gasteiger partial charge in [-0.15, -0.1) is 0 Å². The monoisotopic (exact) mass is 249 g/mol. The molecule has 1 aliphatic heterocycles. The van der Waals surface area contributed by atoms with E-state index in [2.05, 4.69) is 14.9 Å². The van der Waals surface area contributed by atoms with Crippen LogP contribution in [0.15, 0.2) is 10.9 Å². The number of aliphatic hydroxyl groups is 1. The number of H-pyrrole nitrogens is 1. The SMILES string of the molecule is O=c1cc(N2CCCC(CO)C2)nc(C2CC2)[nH]1. The molecule has 18 heavy (non-hydrogen) atoms. The molecule has 1 atom stereocenters. The van der Waals surface area contributed by atoms with Crippen molar-refractivity contribution in [1.82, 2.24) is 9.97 Å². The summed E-state index contributed by atoms with van der Waals surface area (Å²) in [7, 11) is 0. The van der Waals surface area contributed by atoms with Crippen LogP contribution >= 0.6 is 0 Å². The van der Waals surface area contributed by atoms with Crippen LogP contribution in [0, 0.1) is 5.92 Å². The van der Waals surface area contributed by atoms with E-state index in [1.807, 2.05) is 0 Å². The molecule has 0 amide bonds. The average Bonchev–Trinajstić information content (AvgIpc) is 3.22. The molecule has 3 rings (SSSR count). The van der Waals surface area contributed by atoms with E-state index in [0.717, 1.165) is 50.4 Å². The summed E-state index contributed by atoms with van der Waals surface area (Å²) in [6.45, 7) is 1.95. The number of rotatable bonds is 3. The molecule has 1 saturated heterocycles. The molecular formula is C13H19N3O2. The lowest BCUT2D eigenvalue weighted by Gasteiger charge is -2.32. The van der Waals surface area contributed by atoms with Gasteiger partial charge >= 0.3 is 0 Å². The fourth-order valence-corrected chi connectivity index (χ4v) is 2.60. The number of anilines is 1. The Morgan fingerprint density at radius 2 is 2.28 bits per heavy atom. The van der Waals surface area contributed by atoms with Crippen LogP contribution in [0.25, 0.3) is 0 Å². The summed E-state index contributed by atoms with van der Waals surface area (Å²) in [5.74, 6) is 2.38. The largest absolute Gasteiger partial charge is 0.396 e. The van der Waals surface area contributed by atoms with Gasteiger partial charge in [0.15, 0.2) is 0 Å². The highest BCUT2D eigenvalue weighted by Gasteiger charge is 2.28. The van der Waals surface area contributed by atoms with Crippen LogP contribution in [0.5, 0.6) is 0 Å². The van der Waals surface area contributed by atoms with Gasteiger partial charge in [-0.2, -0.15) is 0 Å². The van der Waals surface area contributed by atoms with E-state index in [4.69, 9.17) is 0 Å². The van der Waals surface area contributed by atoms with E-state index in [9.17, 15) is 9.90 Å². The first-order valence-electron chi connectivity index (χ1n) is 6.73. The predicted molar refractivity (Wildman–Crippen MR) is 68.9 cm³/mol. The Labute approximate surface area is 106 Å². The van der Waals surface area contributed by atoms with Crippen molar-refractivity contribution in [3.8, 4) is 0 Å². The normalized spacial score (nSPS) is 24.3. The first-order valence-corrected chi connectivity index (χ1v) is 6.73. The zero-order valence-corrected chi connectivity index (χ0v) is 10.4. The Hall–Kier alpha value is -1.36. The maximum Gasteiger partial charge on any atom is 0.252 e. The summed E-state index contributed by atoms with van der Waals surface area (Å²) in [5, 5.41) is 9.25. The van der Waals surface area contributed by atoms with Crippen LogP contribution in [-0.2, 0) is 0 Å². The van der Waals surface area contributed by atoms with Gasteiger partial charge in [0.1, 0.15) is 11.6 Å². The van der Waals surface area contributed by atoms with Crippen molar-refractivity contribution in [2.45, 2.75) is 31.6 Å². The number of aromatic nitrogens is 2. The molecule has 5 nitrogen and oxygen atoms in total. The van der Waals surface area contributed by atoms with E-state index in [1.54, 1.807) is 6.07 Å². The van der Waals surface area contributed by atoms with E-state index in [0.29, 0.717) is 11.8 Å². The molecule has 2 fully saturated rings. The molecule has 1 aliphatic carbocycles. The highest BCUT2D eigenvalue weighted by atomic mass is 16.3. The highest BCUT2D eigenvalue weighted by molar-refractivity contribution is 5.38. The molecular weight excluding hydrogens is 230 g/mol. The Morgan fingerprint density at radius 3 is 3.00 bits per heavy atom. The zero-order valence-electron chi connectivity index (χ0n) is 10.4. The lowest BCUT2D eigenvalue weighted by Crippen LogP contribution is -2.38. The number of aliphatic hydroxyl groups excluding tert-OH is 1. The molecule has 0 radical (unpaired) electrons. The molecule has 1 unspecified atom stereocenters. The van der Waals surface area contributed by atoms with Gasteiger partial charge in [-0.25, -0.2) is 4.98 Å². The molecule has 2 N–H and O–H groups in total. The fourth-order valence-electron chi connectivity index (χ4n) is 2.60. The minimum atomic E-state index is -0.0620. The van der Waals surface area contributed by atoms with Crippen molar-refractivity contribution in [3.63, 3.8) is 0 Å². The second kappa shape index (κ2) is 4.72. The topological polar surface area (TPSA) is 69.2 Å². The van der Waals surface area contributed by atoms with Gasteiger partial charge in [-0.3, -0.25) is 4.79 Å². The highest BCUT2D eigenvalue weighted by Crippen LogP contribution is 2.38. The predicted octanol–water partition coefficient (Wildman–Crippen LogP) is 0.856. The smallest absolute Gasteiger partial charge is 0.252 e.